The van der Waals surface area contributed by atoms with Gasteiger partial charge in [-0.2, -0.15) is 0 Å². The molecule has 12 heteroatoms. The van der Waals surface area contributed by atoms with Gasteiger partial charge in [-0.15, -0.1) is 0 Å². The van der Waals surface area contributed by atoms with E-state index in [9.17, 15) is 23.2 Å². The highest BCUT2D eigenvalue weighted by molar-refractivity contribution is 6.33. The van der Waals surface area contributed by atoms with E-state index in [4.69, 9.17) is 22.1 Å². The molecular weight excluding hydrogens is 472 g/mol. The molecule has 0 saturated heterocycles. The van der Waals surface area contributed by atoms with E-state index in [-0.39, 0.29) is 40.1 Å². The van der Waals surface area contributed by atoms with E-state index in [2.05, 4.69) is 15.6 Å². The number of amides is 3. The zero-order valence-electron chi connectivity index (χ0n) is 18.7. The standard InChI is InChI=1S/C22H26ClF2N5O4/c1-11(9-34-2)28-22(33)18-19(20(26)31)30(10-27-18)13-5-3-12(4-6-13)21(32)29-17-8-16(25)15(24)7-14(17)23/h7-8,10-13H,3-6,9H2,1-2H3,(H2,26,31)(H,28,33)(H,29,32). The molecule has 1 saturated carbocycles. The van der Waals surface area contributed by atoms with Crippen LogP contribution in [0.2, 0.25) is 5.02 Å². The number of hydrogen-bond donors (Lipinski definition) is 3. The number of benzene rings is 1. The van der Waals surface area contributed by atoms with Crippen LogP contribution < -0.4 is 16.4 Å². The van der Waals surface area contributed by atoms with Crippen molar-refractivity contribution in [2.24, 2.45) is 11.7 Å². The Morgan fingerprint density at radius 1 is 1.24 bits per heavy atom. The van der Waals surface area contributed by atoms with E-state index < -0.39 is 29.4 Å². The highest BCUT2D eigenvalue weighted by atomic mass is 35.5. The first-order chi connectivity index (χ1) is 16.1. The number of aromatic nitrogens is 2. The van der Waals surface area contributed by atoms with E-state index in [1.165, 1.54) is 13.4 Å². The second-order valence-electron chi connectivity index (χ2n) is 8.28. The van der Waals surface area contributed by atoms with Gasteiger partial charge in [0.15, 0.2) is 17.3 Å². The summed E-state index contributed by atoms with van der Waals surface area (Å²) in [5.74, 6) is -4.28. The number of ether oxygens (including phenoxy) is 1. The summed E-state index contributed by atoms with van der Waals surface area (Å²) >= 11 is 5.90. The van der Waals surface area contributed by atoms with Gasteiger partial charge in [0.05, 0.1) is 23.6 Å². The summed E-state index contributed by atoms with van der Waals surface area (Å²) in [4.78, 5) is 41.5. The third-order valence-corrected chi connectivity index (χ3v) is 6.08. The van der Waals surface area contributed by atoms with Crippen LogP contribution in [0.5, 0.6) is 0 Å². The first-order valence-electron chi connectivity index (χ1n) is 10.7. The normalized spacial score (nSPS) is 18.9. The molecule has 1 fully saturated rings. The number of anilines is 1. The van der Waals surface area contributed by atoms with Gasteiger partial charge in [0.1, 0.15) is 5.69 Å². The van der Waals surface area contributed by atoms with Crippen molar-refractivity contribution in [3.63, 3.8) is 0 Å². The van der Waals surface area contributed by atoms with Crippen molar-refractivity contribution in [3.8, 4) is 0 Å². The lowest BCUT2D eigenvalue weighted by atomic mass is 9.85. The Hall–Kier alpha value is -3.05. The van der Waals surface area contributed by atoms with Crippen molar-refractivity contribution in [2.45, 2.75) is 44.7 Å². The first-order valence-corrected chi connectivity index (χ1v) is 11.1. The average molecular weight is 498 g/mol. The zero-order chi connectivity index (χ0) is 25.0. The Morgan fingerprint density at radius 2 is 1.88 bits per heavy atom. The van der Waals surface area contributed by atoms with Crippen LogP contribution in [0.1, 0.15) is 59.6 Å². The Balaban J connectivity index is 1.67. The lowest BCUT2D eigenvalue weighted by molar-refractivity contribution is -0.121. The number of carbonyl (C=O) groups excluding carboxylic acids is 3. The molecule has 1 aromatic carbocycles. The number of halogens is 3. The predicted octanol–water partition coefficient (Wildman–Crippen LogP) is 3.05. The number of primary amides is 1. The van der Waals surface area contributed by atoms with E-state index in [1.54, 1.807) is 11.5 Å². The molecule has 34 heavy (non-hydrogen) atoms. The molecule has 9 nitrogen and oxygen atoms in total. The van der Waals surface area contributed by atoms with Gasteiger partial charge in [0.25, 0.3) is 11.8 Å². The Labute approximate surface area is 200 Å². The van der Waals surface area contributed by atoms with Crippen molar-refractivity contribution in [1.29, 1.82) is 0 Å². The molecule has 3 amide bonds. The highest BCUT2D eigenvalue weighted by Crippen LogP contribution is 2.35. The summed E-state index contributed by atoms with van der Waals surface area (Å²) in [6.07, 6.45) is 3.35. The highest BCUT2D eigenvalue weighted by Gasteiger charge is 2.31. The lowest BCUT2D eigenvalue weighted by Crippen LogP contribution is -2.37. The molecule has 2 aromatic rings. The quantitative estimate of drug-likeness (QED) is 0.483. The fraction of sp³-hybridized carbons (Fsp3) is 0.455. The number of carbonyl (C=O) groups is 3. The molecule has 3 rings (SSSR count). The van der Waals surface area contributed by atoms with Crippen LogP contribution in [-0.4, -0.2) is 47.0 Å². The van der Waals surface area contributed by atoms with Crippen LogP contribution in [0, 0.1) is 17.6 Å². The van der Waals surface area contributed by atoms with Gasteiger partial charge < -0.3 is 25.7 Å². The lowest BCUT2D eigenvalue weighted by Gasteiger charge is -2.29. The largest absolute Gasteiger partial charge is 0.383 e. The van der Waals surface area contributed by atoms with E-state index in [0.717, 1.165) is 12.1 Å². The molecule has 1 heterocycles. The minimum absolute atomic E-state index is 0.00308. The molecule has 1 aliphatic rings. The van der Waals surface area contributed by atoms with Crippen LogP contribution in [0.25, 0.3) is 0 Å². The predicted molar refractivity (Wildman–Crippen MR) is 121 cm³/mol. The molecule has 0 spiro atoms. The molecule has 4 N–H and O–H groups in total. The van der Waals surface area contributed by atoms with Gasteiger partial charge in [0, 0.05) is 31.2 Å². The fourth-order valence-electron chi connectivity index (χ4n) is 4.10. The molecule has 1 atom stereocenters. The van der Waals surface area contributed by atoms with Gasteiger partial charge in [-0.05, 0) is 38.7 Å². The molecular formula is C22H26ClF2N5O4. The van der Waals surface area contributed by atoms with Gasteiger partial charge >= 0.3 is 0 Å². The number of nitrogens with zero attached hydrogens (tertiary/aromatic N) is 2. The van der Waals surface area contributed by atoms with E-state index >= 15 is 0 Å². The van der Waals surface area contributed by atoms with Crippen LogP contribution in [-0.2, 0) is 9.53 Å². The fourth-order valence-corrected chi connectivity index (χ4v) is 4.30. The van der Waals surface area contributed by atoms with Crippen LogP contribution >= 0.6 is 11.6 Å². The topological polar surface area (TPSA) is 128 Å². The maximum atomic E-state index is 13.5. The maximum absolute atomic E-state index is 13.5. The minimum atomic E-state index is -1.11. The van der Waals surface area contributed by atoms with Crippen LogP contribution in [0.15, 0.2) is 18.5 Å². The second kappa shape index (κ2) is 10.9. The second-order valence-corrected chi connectivity index (χ2v) is 8.69. The first kappa shape index (κ1) is 25.6. The SMILES string of the molecule is COCC(C)NC(=O)c1ncn(C2CCC(C(=O)Nc3cc(F)c(F)cc3Cl)CC2)c1C(N)=O. The van der Waals surface area contributed by atoms with Crippen molar-refractivity contribution < 1.29 is 27.9 Å². The van der Waals surface area contributed by atoms with Gasteiger partial charge in [0.2, 0.25) is 5.91 Å². The van der Waals surface area contributed by atoms with Gasteiger partial charge in [-0.1, -0.05) is 11.6 Å². The summed E-state index contributed by atoms with van der Waals surface area (Å²) in [6.45, 7) is 2.04. The molecule has 184 valence electrons. The molecule has 0 radical (unpaired) electrons. The Kier molecular flexibility index (Phi) is 8.21. The Morgan fingerprint density at radius 3 is 2.50 bits per heavy atom. The number of rotatable bonds is 8. The number of nitrogens with one attached hydrogen (secondary N) is 2. The maximum Gasteiger partial charge on any atom is 0.272 e. The summed E-state index contributed by atoms with van der Waals surface area (Å²) in [5, 5.41) is 5.15. The van der Waals surface area contributed by atoms with Crippen LogP contribution in [0.3, 0.4) is 0 Å². The van der Waals surface area contributed by atoms with Crippen molar-refractivity contribution >= 4 is 35.0 Å². The van der Waals surface area contributed by atoms with Crippen molar-refractivity contribution in [1.82, 2.24) is 14.9 Å². The molecule has 1 unspecified atom stereocenters. The summed E-state index contributed by atoms with van der Waals surface area (Å²) < 4.78 is 33.3. The summed E-state index contributed by atoms with van der Waals surface area (Å²) in [5.41, 5.74) is 5.49. The summed E-state index contributed by atoms with van der Waals surface area (Å²) in [7, 11) is 1.51. The zero-order valence-corrected chi connectivity index (χ0v) is 19.5. The third kappa shape index (κ3) is 5.71. The van der Waals surface area contributed by atoms with E-state index in [0.29, 0.717) is 32.3 Å². The average Bonchev–Trinajstić information content (AvgIpc) is 3.23. The smallest absolute Gasteiger partial charge is 0.272 e. The molecule has 1 aromatic heterocycles. The summed E-state index contributed by atoms with van der Waals surface area (Å²) in [6, 6.07) is 1.16. The molecule has 0 aliphatic heterocycles. The van der Waals surface area contributed by atoms with Crippen LogP contribution in [0.4, 0.5) is 14.5 Å². The number of nitrogens with two attached hydrogens (primary N) is 1. The van der Waals surface area contributed by atoms with Crippen molar-refractivity contribution in [2.75, 3.05) is 19.0 Å². The van der Waals surface area contributed by atoms with E-state index in [1.807, 2.05) is 0 Å². The number of methoxy groups -OCH3 is 1. The van der Waals surface area contributed by atoms with Crippen molar-refractivity contribution in [3.05, 3.63) is 46.5 Å². The molecule has 1 aliphatic carbocycles. The third-order valence-electron chi connectivity index (χ3n) is 5.77. The van der Waals surface area contributed by atoms with Gasteiger partial charge in [-0.25, -0.2) is 13.8 Å². The Bertz CT molecular complexity index is 1090. The number of hydrogen-bond acceptors (Lipinski definition) is 5. The monoisotopic (exact) mass is 497 g/mol. The number of imidazole rings is 1. The molecule has 0 bridgehead atoms. The minimum Gasteiger partial charge on any atom is -0.383 e. The van der Waals surface area contributed by atoms with Gasteiger partial charge in [-0.3, -0.25) is 14.4 Å².